The van der Waals surface area contributed by atoms with Crippen molar-refractivity contribution in [3.8, 4) is 10.9 Å². The molecular weight excluding hydrogens is 956 g/mol. The highest BCUT2D eigenvalue weighted by molar-refractivity contribution is 7.94. The van der Waals surface area contributed by atoms with Crippen LogP contribution in [0, 0.1) is 5.82 Å². The first kappa shape index (κ1) is 57.2. The Morgan fingerprint density at radius 2 is 1.55 bits per heavy atom. The molecule has 0 saturated carbocycles. The molecule has 28 heteroatoms. The van der Waals surface area contributed by atoms with E-state index in [1.54, 1.807) is 27.7 Å². The van der Waals surface area contributed by atoms with Crippen LogP contribution in [-0.2, 0) is 49.2 Å². The van der Waals surface area contributed by atoms with Crippen LogP contribution in [0.4, 0.5) is 36.4 Å². The zero-order valence-corrected chi connectivity index (χ0v) is 38.3. The molecule has 2 aromatic heterocycles. The number of nitrogens with one attached hydrogen (secondary N) is 1. The summed E-state index contributed by atoms with van der Waals surface area (Å²) in [7, 11) is -2.81. The van der Waals surface area contributed by atoms with E-state index < -0.39 is 91.1 Å². The fourth-order valence-electron chi connectivity index (χ4n) is 4.43. The molecule has 1 unspecified atom stereocenters. The molecular formula is C36H43ClF7N6O11PS2. The van der Waals surface area contributed by atoms with E-state index in [0.29, 0.717) is 31.8 Å². The Balaban J connectivity index is 0.000000497. The number of aliphatic carboxylic acids is 1. The van der Waals surface area contributed by atoms with Gasteiger partial charge < -0.3 is 33.8 Å². The van der Waals surface area contributed by atoms with Crippen molar-refractivity contribution in [1.29, 1.82) is 0 Å². The zero-order chi connectivity index (χ0) is 49.5. The third kappa shape index (κ3) is 19.9. The fraction of sp³-hybridized carbons (Fsp3) is 0.417. The number of anilines is 1. The highest BCUT2D eigenvalue weighted by Gasteiger charge is 2.37. The molecule has 2 aromatic carbocycles. The van der Waals surface area contributed by atoms with Crippen LogP contribution in [0.5, 0.6) is 5.19 Å². The quantitative estimate of drug-likeness (QED) is 0.0738. The van der Waals surface area contributed by atoms with Gasteiger partial charge in [-0.2, -0.15) is 26.3 Å². The van der Waals surface area contributed by atoms with Gasteiger partial charge in [-0.1, -0.05) is 28.0 Å². The number of carboxylic acid groups (broad SMARTS) is 1. The molecule has 0 aliphatic carbocycles. The molecule has 0 aliphatic heterocycles. The number of ether oxygens (including phenoxy) is 2. The Morgan fingerprint density at radius 1 is 0.984 bits per heavy atom. The molecule has 1 atom stereocenters. The Kier molecular flexibility index (Phi) is 22.3. The topological polar surface area (TPSA) is 235 Å². The fourth-order valence-corrected chi connectivity index (χ4v) is 5.58. The lowest BCUT2D eigenvalue weighted by Crippen LogP contribution is -2.40. The minimum Gasteiger partial charge on any atom is -0.778 e. The lowest BCUT2D eigenvalue weighted by molar-refractivity contribution is -0.193. The number of hydrogen-bond donors (Lipinski definition) is 3. The third-order valence-corrected chi connectivity index (χ3v) is 8.66. The molecule has 0 aliphatic rings. The number of carboxylic acids is 1. The molecule has 17 nitrogen and oxygen atoms in total. The molecule has 2 heterocycles. The van der Waals surface area contributed by atoms with Crippen molar-refractivity contribution in [3.63, 3.8) is 0 Å². The Hall–Kier alpha value is -4.85. The van der Waals surface area contributed by atoms with E-state index >= 15 is 0 Å². The van der Waals surface area contributed by atoms with Gasteiger partial charge in [0, 0.05) is 24.8 Å². The van der Waals surface area contributed by atoms with E-state index in [9.17, 15) is 64.2 Å². The highest BCUT2D eigenvalue weighted by atomic mass is 35.5. The van der Waals surface area contributed by atoms with E-state index in [1.165, 1.54) is 41.3 Å². The van der Waals surface area contributed by atoms with Gasteiger partial charge in [-0.3, -0.25) is 24.3 Å². The number of benzene rings is 2. The lowest BCUT2D eigenvalue weighted by Gasteiger charge is -2.26. The Morgan fingerprint density at radius 3 is 2.00 bits per heavy atom. The van der Waals surface area contributed by atoms with Crippen molar-refractivity contribution in [3.05, 3.63) is 96.5 Å². The predicted molar refractivity (Wildman–Crippen MR) is 223 cm³/mol. The van der Waals surface area contributed by atoms with E-state index in [0.717, 1.165) is 13.1 Å². The second kappa shape index (κ2) is 25.0. The second-order valence-corrected chi connectivity index (χ2v) is 18.9. The van der Waals surface area contributed by atoms with Gasteiger partial charge in [0.2, 0.25) is 5.01 Å². The number of carbonyl (C=O) groups is 3. The van der Waals surface area contributed by atoms with Crippen LogP contribution < -0.4 is 31.1 Å². The number of amides is 1. The Labute approximate surface area is 372 Å². The third-order valence-electron chi connectivity index (χ3n) is 6.83. The van der Waals surface area contributed by atoms with Gasteiger partial charge in [-0.15, -0.1) is 5.10 Å². The van der Waals surface area contributed by atoms with Gasteiger partial charge in [-0.05, 0) is 81.1 Å². The van der Waals surface area contributed by atoms with Crippen molar-refractivity contribution in [2.24, 2.45) is 7.05 Å². The second-order valence-electron chi connectivity index (χ2n) is 13.5. The van der Waals surface area contributed by atoms with Crippen molar-refractivity contribution >= 4 is 65.0 Å². The number of hydrogen-bond acceptors (Lipinski definition) is 13. The van der Waals surface area contributed by atoms with Gasteiger partial charge in [0.05, 0.1) is 54.0 Å². The lowest BCUT2D eigenvalue weighted by atomic mass is 10.2. The summed E-state index contributed by atoms with van der Waals surface area (Å²) >= 11 is 6.15. The minimum absolute atomic E-state index is 0.0104. The summed E-state index contributed by atoms with van der Waals surface area (Å²) < 4.78 is 110. The SMILES string of the molecule is CC(C)N(C(=O)COc1nnc(C(F)(F)F)s1)c1ccc(F)cc1.CC(C)OC(=O)c1cc(-n2c(=O)cc(C(F)(F)F)n(C)c2=O)ccc1Cl.C[S+](C)C.O=C(O)CNCP(=O)([O-])O. The van der Waals surface area contributed by atoms with Crippen molar-refractivity contribution in [1.82, 2.24) is 24.6 Å². The average molecular weight is 999 g/mol. The first-order valence-electron chi connectivity index (χ1n) is 17.7. The van der Waals surface area contributed by atoms with Gasteiger partial charge in [0.1, 0.15) is 19.1 Å². The van der Waals surface area contributed by atoms with Gasteiger partial charge in [-0.25, -0.2) is 18.5 Å². The van der Waals surface area contributed by atoms with Crippen molar-refractivity contribution in [2.45, 2.75) is 52.2 Å². The van der Waals surface area contributed by atoms with Crippen LogP contribution in [0.2, 0.25) is 5.02 Å². The van der Waals surface area contributed by atoms with Crippen LogP contribution in [0.3, 0.4) is 0 Å². The molecule has 0 saturated heterocycles. The maximum absolute atomic E-state index is 13.0. The maximum Gasteiger partial charge on any atom is 0.445 e. The minimum atomic E-state index is -4.86. The number of esters is 1. The monoisotopic (exact) mass is 998 g/mol. The summed E-state index contributed by atoms with van der Waals surface area (Å²) in [6, 6.07) is 8.93. The van der Waals surface area contributed by atoms with Crippen molar-refractivity contribution in [2.75, 3.05) is 43.1 Å². The van der Waals surface area contributed by atoms with Crippen LogP contribution in [0.1, 0.15) is 48.8 Å². The number of aromatic nitrogens is 4. The molecule has 4 rings (SSSR count). The maximum atomic E-state index is 13.0. The van der Waals surface area contributed by atoms with Crippen LogP contribution >= 0.6 is 30.5 Å². The first-order chi connectivity index (χ1) is 29.3. The van der Waals surface area contributed by atoms with Crippen LogP contribution in [0.15, 0.2) is 58.1 Å². The molecule has 0 spiro atoms. The standard InChI is InChI=1S/C16H14ClF3N2O4.C14H13F4N3O2S.C3H8NO5P.C3H9S/c1-8(2)26-14(24)10-6-9(4-5-11(10)17)22-13(23)7-12(16(18,19)20)21(3)15(22)25;1-8(2)21(10-5-3-9(15)4-6-10)11(22)7-23-13-20-19-12(24-13)14(16,17)18;5-3(6)1-4-2-10(7,8)9;1-4(2)3/h4-8H,1-3H3;3-6,8H,7H2,1-2H3;4H,1-2H2,(H,5,6)(H2,7,8,9);1-3H3/q;;;+1/p-1. The van der Waals surface area contributed by atoms with Crippen LogP contribution in [-0.4, -0.2) is 97.5 Å². The number of rotatable bonds is 12. The largest absolute Gasteiger partial charge is 0.778 e. The summed E-state index contributed by atoms with van der Waals surface area (Å²) in [5, 5.41) is 14.7. The molecule has 0 fully saturated rings. The number of alkyl halides is 6. The predicted octanol–water partition coefficient (Wildman–Crippen LogP) is 4.95. The summed E-state index contributed by atoms with van der Waals surface area (Å²) in [6.45, 7) is 5.73. The molecule has 0 radical (unpaired) electrons. The van der Waals surface area contributed by atoms with E-state index in [-0.39, 0.29) is 38.8 Å². The summed E-state index contributed by atoms with van der Waals surface area (Å²) in [4.78, 5) is 77.8. The molecule has 0 bridgehead atoms. The highest BCUT2D eigenvalue weighted by Crippen LogP contribution is 2.34. The normalized spacial score (nSPS) is 12.2. The zero-order valence-electron chi connectivity index (χ0n) is 35.0. The molecule has 4 aromatic rings. The summed E-state index contributed by atoms with van der Waals surface area (Å²) in [6.07, 6.45) is -4.04. The smallest absolute Gasteiger partial charge is 0.445 e. The van der Waals surface area contributed by atoms with Gasteiger partial charge in [0.25, 0.3) is 16.7 Å². The number of carbonyl (C=O) groups excluding carboxylic acids is 2. The van der Waals surface area contributed by atoms with E-state index in [1.807, 2.05) is 5.32 Å². The van der Waals surface area contributed by atoms with Crippen LogP contribution in [0.25, 0.3) is 5.69 Å². The molecule has 1 amide bonds. The first-order valence-corrected chi connectivity index (χ1v) is 23.1. The van der Waals surface area contributed by atoms with Crippen molar-refractivity contribution < 1.29 is 74.0 Å². The van der Waals surface area contributed by atoms with Gasteiger partial charge in [0.15, 0.2) is 6.61 Å². The molecule has 3 N–H and O–H groups in total. The summed E-state index contributed by atoms with van der Waals surface area (Å²) in [5.41, 5.74) is -3.55. The van der Waals surface area contributed by atoms with E-state index in [4.69, 9.17) is 31.1 Å². The Bertz CT molecular complexity index is 2350. The van der Waals surface area contributed by atoms with E-state index in [2.05, 4.69) is 29.0 Å². The summed E-state index contributed by atoms with van der Waals surface area (Å²) in [5.74, 6) is -2.91. The average Bonchev–Trinajstić information content (AvgIpc) is 3.63. The molecule has 356 valence electrons. The van der Waals surface area contributed by atoms with Gasteiger partial charge >= 0.3 is 30.0 Å². The number of nitrogens with zero attached hydrogens (tertiary/aromatic N) is 5. The molecule has 64 heavy (non-hydrogen) atoms. The number of halogens is 8.